The van der Waals surface area contributed by atoms with Gasteiger partial charge in [0.2, 0.25) is 0 Å². The summed E-state index contributed by atoms with van der Waals surface area (Å²) in [5.41, 5.74) is 1.21. The third-order valence-electron chi connectivity index (χ3n) is 6.80. The molecule has 0 saturated carbocycles. The highest BCUT2D eigenvalue weighted by Crippen LogP contribution is 2.31. The van der Waals surface area contributed by atoms with Crippen molar-refractivity contribution in [3.05, 3.63) is 118 Å². The van der Waals surface area contributed by atoms with Gasteiger partial charge in [0.05, 0.1) is 17.0 Å². The number of piperidine rings is 1. The second-order valence-corrected chi connectivity index (χ2v) is 10.0. The predicted molar refractivity (Wildman–Crippen MR) is 159 cm³/mol. The Balaban J connectivity index is 0.000000235. The van der Waals surface area contributed by atoms with Crippen LogP contribution in [0.1, 0.15) is 74.0 Å². The van der Waals surface area contributed by atoms with E-state index in [1.165, 1.54) is 31.0 Å². The molecule has 1 heterocycles. The molecule has 0 N–H and O–H groups in total. The van der Waals surface area contributed by atoms with Crippen LogP contribution in [-0.2, 0) is 9.53 Å². The number of hydrogen-bond acceptors (Lipinski definition) is 7. The van der Waals surface area contributed by atoms with Gasteiger partial charge in [-0.15, -0.1) is 0 Å². The van der Waals surface area contributed by atoms with Crippen LogP contribution in [0.4, 0.5) is 10.5 Å². The average Bonchev–Trinajstić information content (AvgIpc) is 3.01. The fourth-order valence-electron chi connectivity index (χ4n) is 4.35. The van der Waals surface area contributed by atoms with Crippen LogP contribution in [0.15, 0.2) is 91.0 Å². The van der Waals surface area contributed by atoms with Crippen molar-refractivity contribution >= 4 is 23.5 Å². The van der Waals surface area contributed by atoms with Crippen LogP contribution in [0, 0.1) is 10.1 Å². The fraction of sp³-hybridized carbons (Fsp3) is 0.303. The quantitative estimate of drug-likeness (QED) is 0.0687. The van der Waals surface area contributed by atoms with Crippen LogP contribution in [0.2, 0.25) is 0 Å². The van der Waals surface area contributed by atoms with E-state index in [9.17, 15) is 24.5 Å². The standard InChI is InChI=1S/C17H13NO5.C16H23NO2/c1-11(2)17(20)23-13-8-9-14(15(10-13)18(21)22)16(19)12-6-4-3-5-7-12;1-3-13(2)19-16(18)17-12-8-7-11-15(17)14-9-5-4-6-10-14/h3-10H,1H2,2H3;4-6,9-10,13,15H,3,7-8,11-12H2,1-2H3. The molecule has 0 aliphatic carbocycles. The number of nitrogens with zero attached hydrogens (tertiary/aromatic N) is 2. The summed E-state index contributed by atoms with van der Waals surface area (Å²) in [7, 11) is 0. The molecule has 3 aromatic rings. The fourth-order valence-corrected chi connectivity index (χ4v) is 4.35. The van der Waals surface area contributed by atoms with E-state index in [0.29, 0.717) is 5.56 Å². The van der Waals surface area contributed by atoms with E-state index in [4.69, 9.17) is 9.47 Å². The minimum absolute atomic E-state index is 0.00847. The molecule has 1 amide bonds. The summed E-state index contributed by atoms with van der Waals surface area (Å²) in [4.78, 5) is 48.5. The normalized spacial score (nSPS) is 14.9. The summed E-state index contributed by atoms with van der Waals surface area (Å²) in [6.07, 6.45) is 3.95. The molecule has 1 fully saturated rings. The Morgan fingerprint density at radius 3 is 2.26 bits per heavy atom. The van der Waals surface area contributed by atoms with Gasteiger partial charge in [0.15, 0.2) is 5.78 Å². The number of benzene rings is 3. The first-order chi connectivity index (χ1) is 20.1. The van der Waals surface area contributed by atoms with Gasteiger partial charge in [0.1, 0.15) is 17.4 Å². The Kier molecular flexibility index (Phi) is 11.5. The SMILES string of the molecule is C=C(C)C(=O)Oc1ccc(C(=O)c2ccccc2)c([N+](=O)[O-])c1.CCC(C)OC(=O)N1CCCCC1c1ccccc1. The number of amides is 1. The zero-order chi connectivity index (χ0) is 30.6. The lowest BCUT2D eigenvalue weighted by Crippen LogP contribution is -2.40. The van der Waals surface area contributed by atoms with Crippen LogP contribution in [0.25, 0.3) is 0 Å². The van der Waals surface area contributed by atoms with Gasteiger partial charge in [-0.2, -0.15) is 0 Å². The summed E-state index contributed by atoms with van der Waals surface area (Å²) in [5, 5.41) is 11.2. The maximum absolute atomic E-state index is 12.4. The molecule has 4 rings (SSSR count). The highest BCUT2D eigenvalue weighted by molar-refractivity contribution is 6.11. The number of esters is 1. The number of ether oxygens (including phenoxy) is 2. The Labute approximate surface area is 245 Å². The first-order valence-corrected chi connectivity index (χ1v) is 13.9. The van der Waals surface area contributed by atoms with Crippen LogP contribution in [0.3, 0.4) is 0 Å². The van der Waals surface area contributed by atoms with Crippen LogP contribution in [0.5, 0.6) is 5.75 Å². The molecule has 2 atom stereocenters. The number of nitro benzene ring substituents is 1. The predicted octanol–water partition coefficient (Wildman–Crippen LogP) is 7.46. The van der Waals surface area contributed by atoms with E-state index in [0.717, 1.165) is 31.9 Å². The van der Waals surface area contributed by atoms with E-state index in [2.05, 4.69) is 18.7 Å². The average molecular weight is 573 g/mol. The van der Waals surface area contributed by atoms with Crippen LogP contribution >= 0.6 is 0 Å². The Morgan fingerprint density at radius 1 is 1.02 bits per heavy atom. The largest absolute Gasteiger partial charge is 0.446 e. The summed E-state index contributed by atoms with van der Waals surface area (Å²) < 4.78 is 10.4. The van der Waals surface area contributed by atoms with Gasteiger partial charge >= 0.3 is 12.1 Å². The number of nitro groups is 1. The van der Waals surface area contributed by atoms with Gasteiger partial charge in [-0.05, 0) is 57.2 Å². The summed E-state index contributed by atoms with van der Waals surface area (Å²) in [5.74, 6) is -1.19. The molecule has 3 aromatic carbocycles. The van der Waals surface area contributed by atoms with Gasteiger partial charge in [-0.1, -0.05) is 74.2 Å². The number of rotatable bonds is 8. The highest BCUT2D eigenvalue weighted by Gasteiger charge is 2.29. The number of hydrogen-bond donors (Lipinski definition) is 0. The van der Waals surface area contributed by atoms with E-state index >= 15 is 0 Å². The number of likely N-dealkylation sites (tertiary alicyclic amines) is 1. The topological polar surface area (TPSA) is 116 Å². The van der Waals surface area contributed by atoms with Gasteiger partial charge < -0.3 is 14.4 Å². The van der Waals surface area contributed by atoms with Crippen molar-refractivity contribution in [2.45, 2.75) is 58.6 Å². The molecule has 0 radical (unpaired) electrons. The number of carbonyl (C=O) groups is 3. The van der Waals surface area contributed by atoms with Gasteiger partial charge in [-0.3, -0.25) is 14.9 Å². The van der Waals surface area contributed by atoms with E-state index < -0.39 is 22.4 Å². The van der Waals surface area contributed by atoms with Gasteiger partial charge in [0.25, 0.3) is 5.69 Å². The van der Waals surface area contributed by atoms with Crippen molar-refractivity contribution in [1.82, 2.24) is 4.90 Å². The van der Waals surface area contributed by atoms with Crippen molar-refractivity contribution in [3.8, 4) is 5.75 Å². The second-order valence-electron chi connectivity index (χ2n) is 10.0. The summed E-state index contributed by atoms with van der Waals surface area (Å²) >= 11 is 0. The molecular formula is C33H36N2O7. The van der Waals surface area contributed by atoms with E-state index in [1.807, 2.05) is 36.9 Å². The minimum atomic E-state index is -0.693. The lowest BCUT2D eigenvalue weighted by Gasteiger charge is -2.35. The molecule has 1 aliphatic heterocycles. The van der Waals surface area contributed by atoms with Crippen molar-refractivity contribution in [3.63, 3.8) is 0 Å². The molecule has 220 valence electrons. The maximum atomic E-state index is 12.4. The molecule has 9 heteroatoms. The van der Waals surface area contributed by atoms with Crippen LogP contribution < -0.4 is 4.74 Å². The monoisotopic (exact) mass is 572 g/mol. The Morgan fingerprint density at radius 2 is 1.67 bits per heavy atom. The lowest BCUT2D eigenvalue weighted by atomic mass is 9.96. The van der Waals surface area contributed by atoms with Gasteiger partial charge in [0, 0.05) is 17.7 Å². The minimum Gasteiger partial charge on any atom is -0.446 e. The third-order valence-corrected chi connectivity index (χ3v) is 6.80. The van der Waals surface area contributed by atoms with E-state index in [1.54, 1.807) is 30.3 Å². The molecular weight excluding hydrogens is 536 g/mol. The Hall–Kier alpha value is -4.79. The lowest BCUT2D eigenvalue weighted by molar-refractivity contribution is -0.385. The zero-order valence-electron chi connectivity index (χ0n) is 24.2. The van der Waals surface area contributed by atoms with Gasteiger partial charge in [-0.25, -0.2) is 9.59 Å². The summed E-state index contributed by atoms with van der Waals surface area (Å²) in [6, 6.07) is 22.3. The molecule has 0 spiro atoms. The molecule has 0 aromatic heterocycles. The molecule has 1 saturated heterocycles. The van der Waals surface area contributed by atoms with Crippen molar-refractivity contribution in [2.24, 2.45) is 0 Å². The molecule has 1 aliphatic rings. The molecule has 9 nitrogen and oxygen atoms in total. The van der Waals surface area contributed by atoms with E-state index in [-0.39, 0.29) is 35.1 Å². The number of carbonyl (C=O) groups excluding carboxylic acids is 3. The molecule has 42 heavy (non-hydrogen) atoms. The van der Waals surface area contributed by atoms with Crippen LogP contribution in [-0.4, -0.2) is 40.3 Å². The smallest absolute Gasteiger partial charge is 0.410 e. The molecule has 2 unspecified atom stereocenters. The second kappa shape index (κ2) is 15.3. The maximum Gasteiger partial charge on any atom is 0.410 e. The Bertz CT molecular complexity index is 1410. The molecule has 0 bridgehead atoms. The van der Waals surface area contributed by atoms with Crippen molar-refractivity contribution < 1.29 is 28.8 Å². The van der Waals surface area contributed by atoms with Crippen molar-refractivity contribution in [1.29, 1.82) is 0 Å². The number of ketones is 1. The zero-order valence-corrected chi connectivity index (χ0v) is 24.2. The first-order valence-electron chi connectivity index (χ1n) is 13.9. The summed E-state index contributed by atoms with van der Waals surface area (Å²) in [6.45, 7) is 9.67. The third kappa shape index (κ3) is 8.60. The first kappa shape index (κ1) is 31.7. The highest BCUT2D eigenvalue weighted by atomic mass is 16.6. The van der Waals surface area contributed by atoms with Crippen molar-refractivity contribution in [2.75, 3.05) is 6.54 Å².